The first-order valence-corrected chi connectivity index (χ1v) is 7.92. The van der Waals surface area contributed by atoms with Crippen molar-refractivity contribution < 1.29 is 19.1 Å². The van der Waals surface area contributed by atoms with Crippen LogP contribution in [-0.4, -0.2) is 72.5 Å². The van der Waals surface area contributed by atoms with Crippen molar-refractivity contribution in [3.63, 3.8) is 0 Å². The molecule has 3 fully saturated rings. The van der Waals surface area contributed by atoms with Crippen LogP contribution >= 0.6 is 0 Å². The van der Waals surface area contributed by atoms with Crippen molar-refractivity contribution in [2.45, 2.75) is 43.7 Å². The van der Waals surface area contributed by atoms with Gasteiger partial charge in [-0.2, -0.15) is 0 Å². The van der Waals surface area contributed by atoms with Gasteiger partial charge in [-0.25, -0.2) is 0 Å². The van der Waals surface area contributed by atoms with Crippen LogP contribution in [0.4, 0.5) is 0 Å². The van der Waals surface area contributed by atoms with Gasteiger partial charge in [-0.05, 0) is 19.3 Å². The van der Waals surface area contributed by atoms with E-state index in [1.807, 2.05) is 4.90 Å². The maximum absolute atomic E-state index is 12.3. The maximum Gasteiger partial charge on any atom is 0.248 e. The van der Waals surface area contributed by atoms with E-state index < -0.39 is 0 Å². The first kappa shape index (κ1) is 15.3. The zero-order valence-electron chi connectivity index (χ0n) is 13.0. The van der Waals surface area contributed by atoms with Crippen LogP contribution in [0, 0.1) is 0 Å². The summed E-state index contributed by atoms with van der Waals surface area (Å²) in [6.45, 7) is 2.05. The van der Waals surface area contributed by atoms with E-state index >= 15 is 0 Å². The summed E-state index contributed by atoms with van der Waals surface area (Å²) in [6, 6.07) is -0.00873. The van der Waals surface area contributed by atoms with Crippen molar-refractivity contribution in [1.29, 1.82) is 0 Å². The number of piperidine rings is 1. The lowest BCUT2D eigenvalue weighted by atomic mass is 9.89. The second-order valence-electron chi connectivity index (χ2n) is 6.61. The molecule has 3 amide bonds. The van der Waals surface area contributed by atoms with Crippen molar-refractivity contribution in [2.24, 2.45) is 0 Å². The number of likely N-dealkylation sites (tertiary alicyclic amines) is 1. The molecule has 0 saturated carbocycles. The van der Waals surface area contributed by atoms with Gasteiger partial charge in [0.25, 0.3) is 0 Å². The molecule has 0 aromatic heterocycles. The van der Waals surface area contributed by atoms with Crippen LogP contribution in [0.5, 0.6) is 0 Å². The lowest BCUT2D eigenvalue weighted by molar-refractivity contribution is -0.171. The minimum atomic E-state index is -0.291. The van der Waals surface area contributed by atoms with E-state index in [9.17, 15) is 14.4 Å². The number of amides is 3. The van der Waals surface area contributed by atoms with Crippen LogP contribution in [0.1, 0.15) is 32.1 Å². The molecule has 3 rings (SSSR count). The van der Waals surface area contributed by atoms with Crippen LogP contribution in [0.3, 0.4) is 0 Å². The molecule has 0 unspecified atom stereocenters. The fourth-order valence-corrected chi connectivity index (χ4v) is 3.53. The predicted octanol–water partition coefficient (Wildman–Crippen LogP) is -0.495. The number of ether oxygens (including phenoxy) is 1. The van der Waals surface area contributed by atoms with E-state index in [1.165, 1.54) is 0 Å². The number of nitrogens with one attached hydrogen (secondary N) is 1. The summed E-state index contributed by atoms with van der Waals surface area (Å²) < 4.78 is 5.78. The van der Waals surface area contributed by atoms with Crippen molar-refractivity contribution in [3.8, 4) is 0 Å². The summed E-state index contributed by atoms with van der Waals surface area (Å²) in [7, 11) is 1.80. The first-order chi connectivity index (χ1) is 10.5. The van der Waals surface area contributed by atoms with E-state index in [-0.39, 0.29) is 36.0 Å². The molecule has 122 valence electrons. The second-order valence-corrected chi connectivity index (χ2v) is 6.61. The molecular weight excluding hydrogens is 286 g/mol. The number of morpholine rings is 1. The van der Waals surface area contributed by atoms with E-state index in [4.69, 9.17) is 4.74 Å². The molecule has 7 heteroatoms. The summed E-state index contributed by atoms with van der Waals surface area (Å²) in [5.41, 5.74) is -0.291. The fraction of sp³-hybridized carbons (Fsp3) is 0.800. The molecule has 0 bridgehead atoms. The molecule has 1 spiro atoms. The Morgan fingerprint density at radius 1 is 1.36 bits per heavy atom. The van der Waals surface area contributed by atoms with E-state index in [1.54, 1.807) is 11.9 Å². The summed E-state index contributed by atoms with van der Waals surface area (Å²) in [5, 5.41) is 2.84. The fourth-order valence-electron chi connectivity index (χ4n) is 3.53. The van der Waals surface area contributed by atoms with Gasteiger partial charge >= 0.3 is 0 Å². The minimum Gasteiger partial charge on any atom is -0.363 e. The van der Waals surface area contributed by atoms with Gasteiger partial charge in [0.1, 0.15) is 6.61 Å². The highest BCUT2D eigenvalue weighted by atomic mass is 16.5. The van der Waals surface area contributed by atoms with Gasteiger partial charge in [0.15, 0.2) is 0 Å². The van der Waals surface area contributed by atoms with Crippen LogP contribution < -0.4 is 5.32 Å². The van der Waals surface area contributed by atoms with Gasteiger partial charge in [0, 0.05) is 45.6 Å². The topological polar surface area (TPSA) is 79.0 Å². The largest absolute Gasteiger partial charge is 0.363 e. The molecule has 0 aromatic carbocycles. The number of hydrogen-bond donors (Lipinski definition) is 1. The summed E-state index contributed by atoms with van der Waals surface area (Å²) in [5.74, 6) is 0.155. The highest BCUT2D eigenvalue weighted by Crippen LogP contribution is 2.30. The van der Waals surface area contributed by atoms with Gasteiger partial charge in [-0.3, -0.25) is 14.4 Å². The monoisotopic (exact) mass is 309 g/mol. The Labute approximate surface area is 129 Å². The molecule has 0 aromatic rings. The van der Waals surface area contributed by atoms with E-state index in [0.29, 0.717) is 32.5 Å². The van der Waals surface area contributed by atoms with Crippen LogP contribution in [0.25, 0.3) is 0 Å². The Hall–Kier alpha value is -1.63. The van der Waals surface area contributed by atoms with E-state index in [0.717, 1.165) is 19.3 Å². The number of rotatable bonds is 2. The second kappa shape index (κ2) is 5.87. The van der Waals surface area contributed by atoms with Crippen molar-refractivity contribution >= 4 is 17.7 Å². The maximum atomic E-state index is 12.3. The highest BCUT2D eigenvalue weighted by Gasteiger charge is 2.42. The third kappa shape index (κ3) is 3.09. The standard InChI is InChI=1S/C15H23N3O4/c1-17-10-15(22-9-14(17)21)4-6-18(7-5-15)13(20)8-11-2-3-12(19)16-11/h11H,2-10H2,1H3,(H,16,19)/t11-/m0/s1. The summed E-state index contributed by atoms with van der Waals surface area (Å²) >= 11 is 0. The SMILES string of the molecule is CN1CC2(CCN(C(=O)C[C@@H]3CCC(=O)N3)CC2)OCC1=O. The molecule has 7 nitrogen and oxygen atoms in total. The third-order valence-corrected chi connectivity index (χ3v) is 4.99. The molecule has 3 saturated heterocycles. The molecule has 0 aliphatic carbocycles. The Bertz CT molecular complexity index is 485. The zero-order chi connectivity index (χ0) is 15.7. The molecule has 3 heterocycles. The highest BCUT2D eigenvalue weighted by molar-refractivity contribution is 5.82. The Kier molecular flexibility index (Phi) is 4.08. The molecule has 3 aliphatic rings. The number of carbonyl (C=O) groups excluding carboxylic acids is 3. The Balaban J connectivity index is 1.50. The normalized spacial score (nSPS) is 28.1. The molecule has 3 aliphatic heterocycles. The predicted molar refractivity (Wildman–Crippen MR) is 77.9 cm³/mol. The lowest BCUT2D eigenvalue weighted by Crippen LogP contribution is -2.58. The average molecular weight is 309 g/mol. The van der Waals surface area contributed by atoms with E-state index in [2.05, 4.69) is 5.32 Å². The van der Waals surface area contributed by atoms with Crippen LogP contribution in [0.2, 0.25) is 0 Å². The number of nitrogens with zero attached hydrogens (tertiary/aromatic N) is 2. The summed E-state index contributed by atoms with van der Waals surface area (Å²) in [4.78, 5) is 38.6. The number of carbonyl (C=O) groups is 3. The van der Waals surface area contributed by atoms with Gasteiger partial charge in [0.05, 0.1) is 5.60 Å². The average Bonchev–Trinajstić information content (AvgIpc) is 2.89. The van der Waals surface area contributed by atoms with Crippen LogP contribution in [0.15, 0.2) is 0 Å². The van der Waals surface area contributed by atoms with Crippen molar-refractivity contribution in [2.75, 3.05) is 33.3 Å². The molecule has 1 N–H and O–H groups in total. The van der Waals surface area contributed by atoms with Crippen molar-refractivity contribution in [3.05, 3.63) is 0 Å². The third-order valence-electron chi connectivity index (χ3n) is 4.99. The number of likely N-dealkylation sites (N-methyl/N-ethyl adjacent to an activating group) is 1. The Morgan fingerprint density at radius 2 is 2.09 bits per heavy atom. The molecular formula is C15H23N3O4. The quantitative estimate of drug-likeness (QED) is 0.746. The van der Waals surface area contributed by atoms with Crippen molar-refractivity contribution in [1.82, 2.24) is 15.1 Å². The molecule has 0 radical (unpaired) electrons. The van der Waals surface area contributed by atoms with Gasteiger partial charge in [-0.1, -0.05) is 0 Å². The smallest absolute Gasteiger partial charge is 0.248 e. The molecule has 1 atom stereocenters. The zero-order valence-corrected chi connectivity index (χ0v) is 13.0. The van der Waals surface area contributed by atoms with Gasteiger partial charge in [-0.15, -0.1) is 0 Å². The molecule has 22 heavy (non-hydrogen) atoms. The van der Waals surface area contributed by atoms with Crippen LogP contribution in [-0.2, 0) is 19.1 Å². The number of hydrogen-bond acceptors (Lipinski definition) is 4. The first-order valence-electron chi connectivity index (χ1n) is 7.92. The Morgan fingerprint density at radius 3 is 2.68 bits per heavy atom. The lowest BCUT2D eigenvalue weighted by Gasteiger charge is -2.46. The summed E-state index contributed by atoms with van der Waals surface area (Å²) in [6.07, 6.45) is 3.17. The van der Waals surface area contributed by atoms with Gasteiger partial charge < -0.3 is 19.9 Å². The van der Waals surface area contributed by atoms with Gasteiger partial charge in [0.2, 0.25) is 17.7 Å². The minimum absolute atomic E-state index is 0.00873.